The van der Waals surface area contributed by atoms with E-state index in [1.54, 1.807) is 30.9 Å². The van der Waals surface area contributed by atoms with E-state index in [-0.39, 0.29) is 5.95 Å². The number of imidazole rings is 1. The number of nitrogen functional groups attached to an aromatic ring is 1. The van der Waals surface area contributed by atoms with Gasteiger partial charge in [-0.05, 0) is 12.1 Å². The van der Waals surface area contributed by atoms with Crippen LogP contribution >= 0.6 is 0 Å². The zero-order chi connectivity index (χ0) is 15.6. The number of aromatic amines is 1. The van der Waals surface area contributed by atoms with Crippen LogP contribution in [0.5, 0.6) is 0 Å². The first-order chi connectivity index (χ1) is 11.3. The van der Waals surface area contributed by atoms with Crippen molar-refractivity contribution in [2.24, 2.45) is 0 Å². The molecule has 0 atom stereocenters. The Balaban J connectivity index is 1.56. The topological polar surface area (TPSA) is 136 Å². The third kappa shape index (κ3) is 2.57. The van der Waals surface area contributed by atoms with Crippen molar-refractivity contribution in [3.05, 3.63) is 36.6 Å². The minimum atomic E-state index is 0.198. The predicted octanol–water partition coefficient (Wildman–Crippen LogP) is 0.739. The van der Waals surface area contributed by atoms with Crippen LogP contribution in [-0.4, -0.2) is 41.1 Å². The summed E-state index contributed by atoms with van der Waals surface area (Å²) in [7, 11) is 0. The van der Waals surface area contributed by atoms with Gasteiger partial charge in [0.05, 0.1) is 12.6 Å². The third-order valence-corrected chi connectivity index (χ3v) is 3.21. The SMILES string of the molecule is Nc1nc(NCCc2cnc[nH]2)nc2nc(-c3ccco3)nn12. The van der Waals surface area contributed by atoms with Crippen molar-refractivity contribution in [2.75, 3.05) is 17.6 Å². The van der Waals surface area contributed by atoms with Crippen LogP contribution in [0, 0.1) is 0 Å². The van der Waals surface area contributed by atoms with E-state index < -0.39 is 0 Å². The number of aromatic nitrogens is 7. The fraction of sp³-hybridized carbons (Fsp3) is 0.154. The van der Waals surface area contributed by atoms with Crippen molar-refractivity contribution in [1.29, 1.82) is 0 Å². The fourth-order valence-corrected chi connectivity index (χ4v) is 2.13. The maximum absolute atomic E-state index is 5.91. The Labute approximate surface area is 129 Å². The Morgan fingerprint density at radius 1 is 1.30 bits per heavy atom. The standard InChI is InChI=1S/C13H13N9O/c14-11-19-12(16-4-3-8-6-15-7-17-8)20-13-18-10(21-22(11)13)9-2-1-5-23-9/h1-2,5-7H,3-4H2,(H,15,17)(H3,14,16,18,19,20,21). The van der Waals surface area contributed by atoms with Crippen molar-refractivity contribution < 1.29 is 4.42 Å². The monoisotopic (exact) mass is 311 g/mol. The fourth-order valence-electron chi connectivity index (χ4n) is 2.13. The molecule has 116 valence electrons. The Morgan fingerprint density at radius 3 is 3.04 bits per heavy atom. The first-order valence-corrected chi connectivity index (χ1v) is 6.95. The van der Waals surface area contributed by atoms with Gasteiger partial charge in [0, 0.05) is 24.9 Å². The number of H-pyrrole nitrogens is 1. The molecule has 4 aromatic rings. The zero-order valence-electron chi connectivity index (χ0n) is 12.0. The van der Waals surface area contributed by atoms with Gasteiger partial charge in [-0.1, -0.05) is 0 Å². The summed E-state index contributed by atoms with van der Waals surface area (Å²) < 4.78 is 6.65. The smallest absolute Gasteiger partial charge is 0.259 e. The quantitative estimate of drug-likeness (QED) is 0.491. The highest BCUT2D eigenvalue weighted by Gasteiger charge is 2.13. The zero-order valence-corrected chi connectivity index (χ0v) is 12.0. The molecule has 0 radical (unpaired) electrons. The Bertz CT molecular complexity index is 911. The number of nitrogens with zero attached hydrogens (tertiary/aromatic N) is 6. The number of fused-ring (bicyclic) bond motifs is 1. The van der Waals surface area contributed by atoms with Crippen LogP contribution in [0.1, 0.15) is 5.69 Å². The van der Waals surface area contributed by atoms with E-state index in [0.717, 1.165) is 12.1 Å². The van der Waals surface area contributed by atoms with Gasteiger partial charge in [0.25, 0.3) is 5.78 Å². The molecular formula is C13H13N9O. The normalized spacial score (nSPS) is 11.1. The first-order valence-electron chi connectivity index (χ1n) is 6.95. The van der Waals surface area contributed by atoms with E-state index in [1.807, 2.05) is 0 Å². The van der Waals surface area contributed by atoms with Gasteiger partial charge in [-0.2, -0.15) is 19.5 Å². The van der Waals surface area contributed by atoms with Crippen LogP contribution in [0.2, 0.25) is 0 Å². The van der Waals surface area contributed by atoms with Crippen LogP contribution in [0.3, 0.4) is 0 Å². The van der Waals surface area contributed by atoms with E-state index in [1.165, 1.54) is 4.52 Å². The van der Waals surface area contributed by atoms with E-state index in [2.05, 4.69) is 35.3 Å². The summed E-state index contributed by atoms with van der Waals surface area (Å²) in [5.41, 5.74) is 6.93. The van der Waals surface area contributed by atoms with Crippen LogP contribution in [-0.2, 0) is 6.42 Å². The number of rotatable bonds is 5. The number of anilines is 2. The van der Waals surface area contributed by atoms with Crippen LogP contribution in [0.15, 0.2) is 35.3 Å². The number of hydrogen-bond acceptors (Lipinski definition) is 8. The Hall–Kier alpha value is -3.43. The average molecular weight is 311 g/mol. The molecule has 0 aliphatic heterocycles. The molecule has 0 amide bonds. The molecule has 4 aromatic heterocycles. The minimum Gasteiger partial charge on any atom is -0.461 e. The van der Waals surface area contributed by atoms with E-state index in [4.69, 9.17) is 10.2 Å². The largest absolute Gasteiger partial charge is 0.461 e. The van der Waals surface area contributed by atoms with Gasteiger partial charge < -0.3 is 20.5 Å². The molecule has 23 heavy (non-hydrogen) atoms. The molecular weight excluding hydrogens is 298 g/mol. The molecule has 0 fully saturated rings. The molecule has 4 rings (SSSR count). The van der Waals surface area contributed by atoms with Crippen LogP contribution in [0.25, 0.3) is 17.4 Å². The molecule has 0 saturated heterocycles. The Kier molecular flexibility index (Phi) is 3.11. The summed E-state index contributed by atoms with van der Waals surface area (Å²) >= 11 is 0. The molecule has 0 aliphatic rings. The third-order valence-electron chi connectivity index (χ3n) is 3.21. The summed E-state index contributed by atoms with van der Waals surface area (Å²) in [5.74, 6) is 1.90. The molecule has 4 heterocycles. The molecule has 0 saturated carbocycles. The maximum Gasteiger partial charge on any atom is 0.259 e. The molecule has 10 heteroatoms. The summed E-state index contributed by atoms with van der Waals surface area (Å²) in [4.78, 5) is 19.8. The summed E-state index contributed by atoms with van der Waals surface area (Å²) in [5, 5.41) is 7.34. The lowest BCUT2D eigenvalue weighted by atomic mass is 10.3. The number of nitrogens with two attached hydrogens (primary N) is 1. The van der Waals surface area contributed by atoms with Crippen molar-refractivity contribution in [3.8, 4) is 11.6 Å². The highest BCUT2D eigenvalue weighted by molar-refractivity contribution is 5.52. The molecule has 0 unspecified atom stereocenters. The van der Waals surface area contributed by atoms with Gasteiger partial charge in [0.15, 0.2) is 5.76 Å². The van der Waals surface area contributed by atoms with E-state index in [0.29, 0.717) is 29.9 Å². The second-order valence-corrected chi connectivity index (χ2v) is 4.78. The molecule has 0 bridgehead atoms. The highest BCUT2D eigenvalue weighted by atomic mass is 16.3. The predicted molar refractivity (Wildman–Crippen MR) is 81.5 cm³/mol. The second-order valence-electron chi connectivity index (χ2n) is 4.78. The summed E-state index contributed by atoms with van der Waals surface area (Å²) in [6, 6.07) is 3.53. The Morgan fingerprint density at radius 2 is 2.26 bits per heavy atom. The van der Waals surface area contributed by atoms with Crippen molar-refractivity contribution in [1.82, 2.24) is 34.5 Å². The number of nitrogens with one attached hydrogen (secondary N) is 2. The van der Waals surface area contributed by atoms with Crippen molar-refractivity contribution in [3.63, 3.8) is 0 Å². The van der Waals surface area contributed by atoms with Gasteiger partial charge in [0.1, 0.15) is 0 Å². The minimum absolute atomic E-state index is 0.198. The summed E-state index contributed by atoms with van der Waals surface area (Å²) in [6.07, 6.45) is 5.73. The lowest BCUT2D eigenvalue weighted by Crippen LogP contribution is -2.12. The molecule has 0 aromatic carbocycles. The van der Waals surface area contributed by atoms with Gasteiger partial charge in [-0.25, -0.2) is 4.98 Å². The van der Waals surface area contributed by atoms with Crippen LogP contribution in [0.4, 0.5) is 11.9 Å². The van der Waals surface area contributed by atoms with Gasteiger partial charge >= 0.3 is 0 Å². The van der Waals surface area contributed by atoms with Gasteiger partial charge in [-0.15, -0.1) is 5.10 Å². The van der Waals surface area contributed by atoms with Crippen molar-refractivity contribution >= 4 is 17.7 Å². The molecule has 4 N–H and O–H groups in total. The second kappa shape index (κ2) is 5.40. The van der Waals surface area contributed by atoms with Gasteiger partial charge in [0.2, 0.25) is 17.7 Å². The molecule has 0 aliphatic carbocycles. The van der Waals surface area contributed by atoms with E-state index >= 15 is 0 Å². The van der Waals surface area contributed by atoms with Crippen LogP contribution < -0.4 is 11.1 Å². The lowest BCUT2D eigenvalue weighted by molar-refractivity contribution is 0.577. The first kappa shape index (κ1) is 13.2. The average Bonchev–Trinajstić information content (AvgIpc) is 3.28. The molecule has 10 nitrogen and oxygen atoms in total. The van der Waals surface area contributed by atoms with Gasteiger partial charge in [-0.3, -0.25) is 0 Å². The highest BCUT2D eigenvalue weighted by Crippen LogP contribution is 2.17. The number of hydrogen-bond donors (Lipinski definition) is 3. The maximum atomic E-state index is 5.91. The van der Waals surface area contributed by atoms with E-state index in [9.17, 15) is 0 Å². The van der Waals surface area contributed by atoms with Crippen molar-refractivity contribution in [2.45, 2.75) is 6.42 Å². The summed E-state index contributed by atoms with van der Waals surface area (Å²) in [6.45, 7) is 0.636. The lowest BCUT2D eigenvalue weighted by Gasteiger charge is -2.04. The molecule has 0 spiro atoms. The number of furan rings is 1.